The Morgan fingerprint density at radius 2 is 1.00 bits per heavy atom. The summed E-state index contributed by atoms with van der Waals surface area (Å²) in [5.41, 5.74) is 0. The third-order valence-electron chi connectivity index (χ3n) is 0. The van der Waals surface area contributed by atoms with Crippen LogP contribution in [0.2, 0.25) is 0 Å². The molecule has 0 saturated heterocycles. The van der Waals surface area contributed by atoms with E-state index in [4.69, 9.17) is 0 Å². The topological polar surface area (TPSA) is 0 Å². The minimum absolute atomic E-state index is 0. The van der Waals surface area contributed by atoms with Crippen molar-refractivity contribution in [3.05, 3.63) is 0 Å². The molecule has 0 amide bonds. The summed E-state index contributed by atoms with van der Waals surface area (Å²) in [6.07, 6.45) is 0. The molecule has 0 fully saturated rings. The van der Waals surface area contributed by atoms with Crippen LogP contribution in [0, 0.1) is 0 Å². The van der Waals surface area contributed by atoms with Gasteiger partial charge in [-0.3, -0.25) is 0 Å². The van der Waals surface area contributed by atoms with E-state index in [0.717, 1.165) is 0 Å². The van der Waals surface area contributed by atoms with Gasteiger partial charge in [0.25, 0.3) is 0 Å². The molecule has 0 spiro atoms. The first-order chi connectivity index (χ1) is 0. The van der Waals surface area contributed by atoms with Gasteiger partial charge in [0.15, 0.2) is 17.4 Å². The van der Waals surface area contributed by atoms with E-state index in [1.807, 2.05) is 0 Å². The van der Waals surface area contributed by atoms with Crippen LogP contribution in [0.4, 0.5) is 0 Å². The normalized spacial score (nSPS) is 0. The molecule has 0 saturated carbocycles. The molecule has 0 nitrogen and oxygen atoms in total. The van der Waals surface area contributed by atoms with Crippen molar-refractivity contribution in [1.82, 2.24) is 0 Å². The van der Waals surface area contributed by atoms with Crippen molar-refractivity contribution in [2.24, 2.45) is 0 Å². The molecule has 0 atom stereocenters. The molecule has 5 heteroatoms. The van der Waals surface area contributed by atoms with Crippen molar-refractivity contribution in [3.8, 4) is 0 Å². The third-order valence-corrected chi connectivity index (χ3v) is 0. The first kappa shape index (κ1) is 44.9. The maximum atomic E-state index is 0. The molecule has 0 rings (SSSR count). The smallest absolute Gasteiger partial charge is 0 e. The Kier molecular flexibility index (Phi) is 258. The van der Waals surface area contributed by atoms with Gasteiger partial charge in [-0.05, 0) is 0 Å². The van der Waals surface area contributed by atoms with E-state index in [2.05, 4.69) is 0 Å². The zero-order valence-electron chi connectivity index (χ0n) is 1.71. The largest absolute Gasteiger partial charge is 0.187 e. The van der Waals surface area contributed by atoms with E-state index in [9.17, 15) is 0 Å². The molecule has 29 valence electrons. The molecule has 0 aliphatic carbocycles. The monoisotopic (exact) mass is 237 g/mol. The SMILES string of the molecule is [AlH3].[Cr].[Fe].[Ti].[V]. The quantitative estimate of drug-likeness (QED) is 0.464. The van der Waals surface area contributed by atoms with Gasteiger partial charge in [-0.1, -0.05) is 0 Å². The van der Waals surface area contributed by atoms with Crippen LogP contribution in [-0.4, -0.2) is 17.4 Å². The van der Waals surface area contributed by atoms with Crippen molar-refractivity contribution in [2.45, 2.75) is 0 Å². The molecule has 0 unspecified atom stereocenters. The summed E-state index contributed by atoms with van der Waals surface area (Å²) < 4.78 is 0. The number of rotatable bonds is 0. The Balaban J connectivity index is 0. The molecule has 1 radical (unpaired) electrons. The van der Waals surface area contributed by atoms with E-state index < -0.39 is 0 Å². The fourth-order valence-electron chi connectivity index (χ4n) is 0. The van der Waals surface area contributed by atoms with E-state index in [1.165, 1.54) is 0 Å². The summed E-state index contributed by atoms with van der Waals surface area (Å²) in [6, 6.07) is 0. The Morgan fingerprint density at radius 1 is 1.00 bits per heavy atom. The van der Waals surface area contributed by atoms with Gasteiger partial charge in [-0.25, -0.2) is 0 Å². The zero-order valence-corrected chi connectivity index (χ0v) is 7.05. The molecular formula is H3AlCrFeTiV. The van der Waals surface area contributed by atoms with Gasteiger partial charge in [0.05, 0.1) is 0 Å². The molecule has 0 N–H and O–H groups in total. The van der Waals surface area contributed by atoms with Gasteiger partial charge < -0.3 is 0 Å². The summed E-state index contributed by atoms with van der Waals surface area (Å²) >= 11 is 0. The summed E-state index contributed by atoms with van der Waals surface area (Å²) in [4.78, 5) is 0. The third kappa shape index (κ3) is 19.7. The van der Waals surface area contributed by atoms with Gasteiger partial charge in [0.2, 0.25) is 0 Å². The van der Waals surface area contributed by atoms with Crippen LogP contribution in [0.25, 0.3) is 0 Å². The van der Waals surface area contributed by atoms with Gasteiger partial charge in [0, 0.05) is 74.7 Å². The second kappa shape index (κ2) is 28.7. The Morgan fingerprint density at radius 3 is 1.00 bits per heavy atom. The molecule has 0 aliphatic heterocycles. The van der Waals surface area contributed by atoms with Gasteiger partial charge in [0.1, 0.15) is 0 Å². The second-order valence-corrected chi connectivity index (χ2v) is 0. The Bertz CT molecular complexity index is 11.6. The molecule has 0 heterocycles. The van der Waals surface area contributed by atoms with Crippen molar-refractivity contribution in [3.63, 3.8) is 0 Å². The summed E-state index contributed by atoms with van der Waals surface area (Å²) in [5.74, 6) is 0. The molecule has 0 aliphatic rings. The van der Waals surface area contributed by atoms with Crippen LogP contribution in [0.15, 0.2) is 0 Å². The van der Waals surface area contributed by atoms with Crippen LogP contribution in [-0.2, 0) is 74.7 Å². The minimum Gasteiger partial charge on any atom is 0 e. The molecule has 5 heavy (non-hydrogen) atoms. The van der Waals surface area contributed by atoms with Crippen molar-refractivity contribution in [1.29, 1.82) is 0 Å². The van der Waals surface area contributed by atoms with Crippen molar-refractivity contribution in [2.75, 3.05) is 0 Å². The number of hydrogen-bond acceptors (Lipinski definition) is 0. The predicted octanol–water partition coefficient (Wildman–Crippen LogP) is -1.19. The van der Waals surface area contributed by atoms with E-state index in [1.54, 1.807) is 0 Å². The first-order valence-corrected chi connectivity index (χ1v) is 0. The average molecular weight is 237 g/mol. The average Bonchev–Trinajstić information content (AvgIpc) is 0. The van der Waals surface area contributed by atoms with E-state index >= 15 is 0 Å². The van der Waals surface area contributed by atoms with Crippen LogP contribution < -0.4 is 0 Å². The van der Waals surface area contributed by atoms with Gasteiger partial charge >= 0.3 is 0 Å². The van der Waals surface area contributed by atoms with Crippen LogP contribution in [0.1, 0.15) is 0 Å². The standard InChI is InChI=1S/Al.Cr.Fe.Ti.V.3H. The van der Waals surface area contributed by atoms with Crippen molar-refractivity contribution < 1.29 is 74.7 Å². The fourth-order valence-corrected chi connectivity index (χ4v) is 0. The molecular weight excluding hydrogens is 234 g/mol. The molecule has 0 bridgehead atoms. The fraction of sp³-hybridized carbons (Fsp3) is 0. The molecule has 0 aromatic carbocycles. The van der Waals surface area contributed by atoms with E-state index in [0.29, 0.717) is 0 Å². The summed E-state index contributed by atoms with van der Waals surface area (Å²) in [7, 11) is 0. The Hall–Kier alpha value is 2.88. The van der Waals surface area contributed by atoms with Crippen molar-refractivity contribution >= 4 is 17.4 Å². The van der Waals surface area contributed by atoms with E-state index in [-0.39, 0.29) is 92.1 Å². The number of hydrogen-bond donors (Lipinski definition) is 0. The maximum absolute atomic E-state index is 0. The predicted molar refractivity (Wildman–Crippen MR) is 9.94 cm³/mol. The summed E-state index contributed by atoms with van der Waals surface area (Å²) in [6.45, 7) is 0. The van der Waals surface area contributed by atoms with Crippen LogP contribution >= 0.6 is 0 Å². The van der Waals surface area contributed by atoms with Gasteiger partial charge in [-0.15, -0.1) is 0 Å². The first-order valence-electron chi connectivity index (χ1n) is 0. The second-order valence-electron chi connectivity index (χ2n) is 0. The van der Waals surface area contributed by atoms with Crippen LogP contribution in [0.3, 0.4) is 0 Å². The molecule has 0 aromatic heterocycles. The minimum atomic E-state index is 0. The molecule has 0 aromatic rings. The Labute approximate surface area is 90.7 Å². The maximum Gasteiger partial charge on any atom is 0.187 e. The van der Waals surface area contributed by atoms with Crippen LogP contribution in [0.5, 0.6) is 0 Å². The zero-order chi connectivity index (χ0) is 0. The summed E-state index contributed by atoms with van der Waals surface area (Å²) in [5, 5.41) is 0. The van der Waals surface area contributed by atoms with Gasteiger partial charge in [-0.2, -0.15) is 0 Å².